The number of carbonyl (C=O) groups excluding carboxylic acids is 1. The van der Waals surface area contributed by atoms with Crippen molar-refractivity contribution in [3.63, 3.8) is 0 Å². The second-order valence-electron chi connectivity index (χ2n) is 6.76. The number of aliphatic imine (C=N–C) groups is 1. The minimum absolute atomic E-state index is 0.0606. The summed E-state index contributed by atoms with van der Waals surface area (Å²) >= 11 is 1.71. The third-order valence-corrected chi connectivity index (χ3v) is 4.25. The fraction of sp³-hybridized carbons (Fsp3) is 0.368. The summed E-state index contributed by atoms with van der Waals surface area (Å²) in [5.74, 6) is 0.674. The van der Waals surface area contributed by atoms with Crippen LogP contribution in [0.25, 0.3) is 0 Å². The Morgan fingerprint density at radius 2 is 1.88 bits per heavy atom. The van der Waals surface area contributed by atoms with Crippen LogP contribution in [0.1, 0.15) is 41.6 Å². The molecule has 1 aromatic heterocycles. The zero-order chi connectivity index (χ0) is 18.3. The minimum atomic E-state index is -0.251. The van der Waals surface area contributed by atoms with Crippen LogP contribution in [0, 0.1) is 0 Å². The van der Waals surface area contributed by atoms with Gasteiger partial charge >= 0.3 is 0 Å². The number of guanidine groups is 1. The molecule has 134 valence electrons. The van der Waals surface area contributed by atoms with Gasteiger partial charge in [0.15, 0.2) is 5.96 Å². The monoisotopic (exact) mass is 358 g/mol. The van der Waals surface area contributed by atoms with E-state index in [1.807, 2.05) is 51.1 Å². The number of hydrogen-bond acceptors (Lipinski definition) is 3. The molecule has 0 atom stereocenters. The highest BCUT2D eigenvalue weighted by Crippen LogP contribution is 2.09. The van der Waals surface area contributed by atoms with E-state index in [-0.39, 0.29) is 11.4 Å². The standard InChI is InChI=1S/C19H26N4OS/c1-19(2,3)23-17(24)15-8-5-7-14(11-15)12-21-18(20-4)22-13-16-9-6-10-25-16/h5-11H,12-13H2,1-4H3,(H,23,24)(H2,20,21,22). The first kappa shape index (κ1) is 19.0. The van der Waals surface area contributed by atoms with Crippen molar-refractivity contribution >= 4 is 23.2 Å². The molecular formula is C19H26N4OS. The van der Waals surface area contributed by atoms with Crippen LogP contribution in [0.5, 0.6) is 0 Å². The molecule has 2 aromatic rings. The van der Waals surface area contributed by atoms with Gasteiger partial charge in [-0.05, 0) is 49.9 Å². The van der Waals surface area contributed by atoms with Gasteiger partial charge in [0.05, 0.1) is 6.54 Å². The number of benzene rings is 1. The van der Waals surface area contributed by atoms with Crippen LogP contribution in [0.15, 0.2) is 46.8 Å². The van der Waals surface area contributed by atoms with E-state index in [1.165, 1.54) is 4.88 Å². The van der Waals surface area contributed by atoms with Gasteiger partial charge in [0, 0.05) is 29.6 Å². The second kappa shape index (κ2) is 8.67. The third kappa shape index (κ3) is 6.58. The molecular weight excluding hydrogens is 332 g/mol. The zero-order valence-corrected chi connectivity index (χ0v) is 16.0. The van der Waals surface area contributed by atoms with Crippen molar-refractivity contribution < 1.29 is 4.79 Å². The van der Waals surface area contributed by atoms with Crippen molar-refractivity contribution in [1.82, 2.24) is 16.0 Å². The Kier molecular flexibility index (Phi) is 6.58. The topological polar surface area (TPSA) is 65.5 Å². The van der Waals surface area contributed by atoms with Gasteiger partial charge in [0.1, 0.15) is 0 Å². The van der Waals surface area contributed by atoms with Gasteiger partial charge in [-0.25, -0.2) is 0 Å². The van der Waals surface area contributed by atoms with E-state index in [4.69, 9.17) is 0 Å². The van der Waals surface area contributed by atoms with E-state index >= 15 is 0 Å². The number of rotatable bonds is 5. The van der Waals surface area contributed by atoms with Gasteiger partial charge in [-0.3, -0.25) is 9.79 Å². The van der Waals surface area contributed by atoms with Gasteiger partial charge in [-0.2, -0.15) is 0 Å². The predicted octanol–water partition coefficient (Wildman–Crippen LogP) is 3.14. The second-order valence-corrected chi connectivity index (χ2v) is 7.80. The normalized spacial score (nSPS) is 11.9. The van der Waals surface area contributed by atoms with Gasteiger partial charge in [-0.1, -0.05) is 18.2 Å². The SMILES string of the molecule is CN=C(NCc1cccc(C(=O)NC(C)(C)C)c1)NCc1cccs1. The highest BCUT2D eigenvalue weighted by molar-refractivity contribution is 7.09. The van der Waals surface area contributed by atoms with E-state index in [1.54, 1.807) is 18.4 Å². The molecule has 2 rings (SSSR count). The van der Waals surface area contributed by atoms with Gasteiger partial charge in [-0.15, -0.1) is 11.3 Å². The lowest BCUT2D eigenvalue weighted by atomic mass is 10.1. The lowest BCUT2D eigenvalue weighted by Crippen LogP contribution is -2.40. The highest BCUT2D eigenvalue weighted by Gasteiger charge is 2.15. The maximum Gasteiger partial charge on any atom is 0.251 e. The molecule has 0 unspecified atom stereocenters. The molecule has 0 fully saturated rings. The van der Waals surface area contributed by atoms with Crippen LogP contribution in [0.3, 0.4) is 0 Å². The summed E-state index contributed by atoms with van der Waals surface area (Å²) in [6.45, 7) is 7.25. The Labute approximate surface area is 153 Å². The molecule has 0 radical (unpaired) electrons. The predicted molar refractivity (Wildman–Crippen MR) is 105 cm³/mol. The summed E-state index contributed by atoms with van der Waals surface area (Å²) in [6, 6.07) is 11.7. The molecule has 6 heteroatoms. The lowest BCUT2D eigenvalue weighted by Gasteiger charge is -2.20. The van der Waals surface area contributed by atoms with Crippen molar-refractivity contribution in [3.8, 4) is 0 Å². The van der Waals surface area contributed by atoms with Crippen LogP contribution in [-0.4, -0.2) is 24.5 Å². The van der Waals surface area contributed by atoms with E-state index in [0.29, 0.717) is 12.1 Å². The summed E-state index contributed by atoms with van der Waals surface area (Å²) < 4.78 is 0. The fourth-order valence-corrected chi connectivity index (χ4v) is 2.87. The number of nitrogens with one attached hydrogen (secondary N) is 3. The molecule has 0 aliphatic carbocycles. The lowest BCUT2D eigenvalue weighted by molar-refractivity contribution is 0.0919. The maximum absolute atomic E-state index is 12.3. The van der Waals surface area contributed by atoms with Crippen LogP contribution in [-0.2, 0) is 13.1 Å². The number of thiophene rings is 1. The van der Waals surface area contributed by atoms with E-state index < -0.39 is 0 Å². The molecule has 0 aliphatic rings. The number of carbonyl (C=O) groups is 1. The van der Waals surface area contributed by atoms with Crippen molar-refractivity contribution in [2.75, 3.05) is 7.05 Å². The number of hydrogen-bond donors (Lipinski definition) is 3. The summed E-state index contributed by atoms with van der Waals surface area (Å²) in [6.07, 6.45) is 0. The first-order valence-electron chi connectivity index (χ1n) is 8.26. The van der Waals surface area contributed by atoms with Crippen LogP contribution in [0.2, 0.25) is 0 Å². The Hall–Kier alpha value is -2.34. The molecule has 0 saturated heterocycles. The molecule has 1 amide bonds. The average molecular weight is 359 g/mol. The first-order valence-corrected chi connectivity index (χ1v) is 9.14. The third-order valence-electron chi connectivity index (χ3n) is 3.37. The molecule has 1 heterocycles. The van der Waals surface area contributed by atoms with E-state index in [9.17, 15) is 4.79 Å². The van der Waals surface area contributed by atoms with Crippen LogP contribution >= 0.6 is 11.3 Å². The highest BCUT2D eigenvalue weighted by atomic mass is 32.1. The zero-order valence-electron chi connectivity index (χ0n) is 15.2. The average Bonchev–Trinajstić information content (AvgIpc) is 3.07. The Morgan fingerprint density at radius 1 is 1.12 bits per heavy atom. The molecule has 3 N–H and O–H groups in total. The quantitative estimate of drug-likeness (QED) is 0.568. The number of nitrogens with zero attached hydrogens (tertiary/aromatic N) is 1. The van der Waals surface area contributed by atoms with E-state index in [0.717, 1.165) is 18.1 Å². The van der Waals surface area contributed by atoms with Crippen molar-refractivity contribution in [3.05, 3.63) is 57.8 Å². The van der Waals surface area contributed by atoms with Crippen molar-refractivity contribution in [1.29, 1.82) is 0 Å². The van der Waals surface area contributed by atoms with Crippen LogP contribution in [0.4, 0.5) is 0 Å². The summed E-state index contributed by atoms with van der Waals surface area (Å²) in [7, 11) is 1.75. The molecule has 0 aliphatic heterocycles. The molecule has 0 bridgehead atoms. The molecule has 1 aromatic carbocycles. The largest absolute Gasteiger partial charge is 0.352 e. The summed E-state index contributed by atoms with van der Waals surface area (Å²) in [5, 5.41) is 11.6. The molecule has 0 saturated carbocycles. The van der Waals surface area contributed by atoms with Crippen molar-refractivity contribution in [2.45, 2.75) is 39.4 Å². The minimum Gasteiger partial charge on any atom is -0.352 e. The van der Waals surface area contributed by atoms with Gasteiger partial charge < -0.3 is 16.0 Å². The Balaban J connectivity index is 1.91. The van der Waals surface area contributed by atoms with Gasteiger partial charge in [0.2, 0.25) is 0 Å². The van der Waals surface area contributed by atoms with E-state index in [2.05, 4.69) is 32.4 Å². The van der Waals surface area contributed by atoms with Gasteiger partial charge in [0.25, 0.3) is 5.91 Å². The maximum atomic E-state index is 12.3. The molecule has 0 spiro atoms. The van der Waals surface area contributed by atoms with Crippen molar-refractivity contribution in [2.24, 2.45) is 4.99 Å². The van der Waals surface area contributed by atoms with Crippen LogP contribution < -0.4 is 16.0 Å². The fourth-order valence-electron chi connectivity index (χ4n) is 2.23. The summed E-state index contributed by atoms with van der Waals surface area (Å²) in [5.41, 5.74) is 1.44. The molecule has 25 heavy (non-hydrogen) atoms. The Bertz CT molecular complexity index is 717. The Morgan fingerprint density at radius 3 is 2.52 bits per heavy atom. The molecule has 5 nitrogen and oxygen atoms in total. The first-order chi connectivity index (χ1) is 11.9. The summed E-state index contributed by atoms with van der Waals surface area (Å²) in [4.78, 5) is 17.8. The number of amides is 1. The smallest absolute Gasteiger partial charge is 0.251 e.